The van der Waals surface area contributed by atoms with Crippen molar-refractivity contribution in [2.24, 2.45) is 11.3 Å². The zero-order valence-electron chi connectivity index (χ0n) is 10.1. The summed E-state index contributed by atoms with van der Waals surface area (Å²) in [5.41, 5.74) is 6.46. The van der Waals surface area contributed by atoms with E-state index in [2.05, 4.69) is 48.5 Å². The van der Waals surface area contributed by atoms with E-state index in [4.69, 9.17) is 0 Å². The molecule has 74 valence electrons. The molecule has 0 saturated heterocycles. The average molecular weight is 178 g/mol. The van der Waals surface area contributed by atoms with Crippen molar-refractivity contribution in [2.45, 2.75) is 48.5 Å². The van der Waals surface area contributed by atoms with Crippen molar-refractivity contribution in [3.8, 4) is 0 Å². The van der Waals surface area contributed by atoms with Gasteiger partial charge in [-0.2, -0.15) is 0 Å². The number of hydrogen-bond acceptors (Lipinski definition) is 0. The van der Waals surface area contributed by atoms with Gasteiger partial charge in [-0.05, 0) is 44.8 Å². The highest BCUT2D eigenvalue weighted by Gasteiger charge is 2.38. The highest BCUT2D eigenvalue weighted by Crippen LogP contribution is 2.50. The zero-order chi connectivity index (χ0) is 10.4. The Morgan fingerprint density at radius 3 is 1.31 bits per heavy atom. The Morgan fingerprint density at radius 2 is 1.15 bits per heavy atom. The number of hydrogen-bond donors (Lipinski definition) is 0. The Hall–Kier alpha value is -0.520. The van der Waals surface area contributed by atoms with Gasteiger partial charge in [0.1, 0.15) is 0 Å². The Morgan fingerprint density at radius 1 is 0.846 bits per heavy atom. The van der Waals surface area contributed by atoms with E-state index in [1.165, 1.54) is 11.1 Å². The molecular weight excluding hydrogens is 156 g/mol. The van der Waals surface area contributed by atoms with Crippen molar-refractivity contribution < 1.29 is 0 Å². The summed E-state index contributed by atoms with van der Waals surface area (Å²) in [6.45, 7) is 16.1. The van der Waals surface area contributed by atoms with Crippen LogP contribution in [0.4, 0.5) is 0 Å². The van der Waals surface area contributed by atoms with Gasteiger partial charge in [-0.3, -0.25) is 0 Å². The summed E-state index contributed by atoms with van der Waals surface area (Å²) < 4.78 is 0. The summed E-state index contributed by atoms with van der Waals surface area (Å²) in [5.74, 6) is 0.694. The second kappa shape index (κ2) is 3.01. The molecule has 0 amide bonds. The molecule has 0 radical (unpaired) electrons. The summed E-state index contributed by atoms with van der Waals surface area (Å²) in [4.78, 5) is 0. The fourth-order valence-electron chi connectivity index (χ4n) is 2.49. The minimum Gasteiger partial charge on any atom is -0.0616 e. The van der Waals surface area contributed by atoms with Gasteiger partial charge in [0.2, 0.25) is 0 Å². The van der Waals surface area contributed by atoms with Crippen LogP contribution in [0.2, 0.25) is 0 Å². The molecule has 13 heavy (non-hydrogen) atoms. The fraction of sp³-hybridized carbons (Fsp3) is 0.692. The lowest BCUT2D eigenvalue weighted by atomic mass is 9.71. The van der Waals surface area contributed by atoms with E-state index in [9.17, 15) is 0 Å². The molecular formula is C13H22. The minimum absolute atomic E-state index is 0.314. The van der Waals surface area contributed by atoms with Gasteiger partial charge in [-0.1, -0.05) is 31.9 Å². The van der Waals surface area contributed by atoms with Crippen LogP contribution in [0.25, 0.3) is 0 Å². The Kier molecular flexibility index (Phi) is 2.44. The molecule has 0 saturated carbocycles. The van der Waals surface area contributed by atoms with Gasteiger partial charge in [0.15, 0.2) is 0 Å². The molecule has 0 aromatic carbocycles. The minimum atomic E-state index is 0.314. The topological polar surface area (TPSA) is 0 Å². The number of allylic oxidation sites excluding steroid dienone is 4. The first-order chi connectivity index (χ1) is 5.83. The Balaban J connectivity index is 3.31. The standard InChI is InChI=1S/C13H22/c1-8(2)13(7)11(5)9(3)10(4)12(13)6/h8H,1-7H3. The van der Waals surface area contributed by atoms with Crippen molar-refractivity contribution in [3.05, 3.63) is 22.3 Å². The van der Waals surface area contributed by atoms with Gasteiger partial charge < -0.3 is 0 Å². The molecule has 1 aliphatic rings. The zero-order valence-corrected chi connectivity index (χ0v) is 10.1. The van der Waals surface area contributed by atoms with E-state index in [0.717, 1.165) is 0 Å². The van der Waals surface area contributed by atoms with Crippen LogP contribution in [0.1, 0.15) is 48.5 Å². The summed E-state index contributed by atoms with van der Waals surface area (Å²) in [5, 5.41) is 0. The van der Waals surface area contributed by atoms with Crippen LogP contribution in [0.3, 0.4) is 0 Å². The maximum Gasteiger partial charge on any atom is 0.0121 e. The van der Waals surface area contributed by atoms with E-state index in [-0.39, 0.29) is 0 Å². The molecule has 0 atom stereocenters. The Bertz CT molecular complexity index is 263. The average Bonchev–Trinajstić information content (AvgIpc) is 2.22. The number of rotatable bonds is 1. The normalized spacial score (nSPS) is 22.2. The van der Waals surface area contributed by atoms with E-state index >= 15 is 0 Å². The lowest BCUT2D eigenvalue weighted by molar-refractivity contribution is 0.341. The first kappa shape index (κ1) is 10.6. The maximum atomic E-state index is 2.38. The van der Waals surface area contributed by atoms with E-state index in [1.807, 2.05) is 0 Å². The summed E-state index contributed by atoms with van der Waals surface area (Å²) in [6.07, 6.45) is 0. The smallest absolute Gasteiger partial charge is 0.0121 e. The molecule has 0 spiro atoms. The molecule has 0 heterocycles. The lowest BCUT2D eigenvalue weighted by Crippen LogP contribution is -2.24. The molecule has 0 aromatic heterocycles. The predicted molar refractivity (Wildman–Crippen MR) is 59.7 cm³/mol. The van der Waals surface area contributed by atoms with Crippen LogP contribution in [0.15, 0.2) is 22.3 Å². The molecule has 0 fully saturated rings. The lowest BCUT2D eigenvalue weighted by Gasteiger charge is -2.33. The molecule has 0 unspecified atom stereocenters. The third kappa shape index (κ3) is 1.19. The molecule has 0 bridgehead atoms. The molecule has 0 nitrogen and oxygen atoms in total. The first-order valence-electron chi connectivity index (χ1n) is 5.19. The van der Waals surface area contributed by atoms with E-state index in [0.29, 0.717) is 11.3 Å². The molecule has 1 rings (SSSR count). The highest BCUT2D eigenvalue weighted by molar-refractivity contribution is 5.50. The summed E-state index contributed by atoms with van der Waals surface area (Å²) in [7, 11) is 0. The summed E-state index contributed by atoms with van der Waals surface area (Å²) in [6, 6.07) is 0. The molecule has 0 heteroatoms. The van der Waals surface area contributed by atoms with Crippen molar-refractivity contribution in [1.29, 1.82) is 0 Å². The van der Waals surface area contributed by atoms with Gasteiger partial charge in [-0.25, -0.2) is 0 Å². The monoisotopic (exact) mass is 178 g/mol. The Labute approximate surface area is 82.7 Å². The van der Waals surface area contributed by atoms with Crippen LogP contribution in [-0.2, 0) is 0 Å². The van der Waals surface area contributed by atoms with Crippen molar-refractivity contribution in [3.63, 3.8) is 0 Å². The van der Waals surface area contributed by atoms with Crippen LogP contribution in [0.5, 0.6) is 0 Å². The second-order valence-corrected chi connectivity index (χ2v) is 4.86. The second-order valence-electron chi connectivity index (χ2n) is 4.86. The van der Waals surface area contributed by atoms with Crippen LogP contribution >= 0.6 is 0 Å². The molecule has 1 aliphatic carbocycles. The van der Waals surface area contributed by atoms with Crippen molar-refractivity contribution >= 4 is 0 Å². The van der Waals surface area contributed by atoms with Crippen LogP contribution in [-0.4, -0.2) is 0 Å². The van der Waals surface area contributed by atoms with E-state index in [1.54, 1.807) is 11.1 Å². The van der Waals surface area contributed by atoms with Crippen LogP contribution in [0, 0.1) is 11.3 Å². The van der Waals surface area contributed by atoms with Crippen molar-refractivity contribution in [1.82, 2.24) is 0 Å². The van der Waals surface area contributed by atoms with Gasteiger partial charge in [-0.15, -0.1) is 0 Å². The summed E-state index contributed by atoms with van der Waals surface area (Å²) >= 11 is 0. The highest BCUT2D eigenvalue weighted by atomic mass is 14.4. The SMILES string of the molecule is CC1=C(C)C(C)(C(C)C)C(C)=C1C. The quantitative estimate of drug-likeness (QED) is 0.560. The molecule has 0 aromatic rings. The predicted octanol–water partition coefficient (Wildman–Crippen LogP) is 4.34. The van der Waals surface area contributed by atoms with Gasteiger partial charge in [0.05, 0.1) is 0 Å². The molecule has 0 N–H and O–H groups in total. The van der Waals surface area contributed by atoms with Crippen LogP contribution < -0.4 is 0 Å². The van der Waals surface area contributed by atoms with E-state index < -0.39 is 0 Å². The van der Waals surface area contributed by atoms with Gasteiger partial charge in [0, 0.05) is 5.41 Å². The largest absolute Gasteiger partial charge is 0.0616 e. The third-order valence-corrected chi connectivity index (χ3v) is 4.40. The van der Waals surface area contributed by atoms with Gasteiger partial charge >= 0.3 is 0 Å². The third-order valence-electron chi connectivity index (χ3n) is 4.40. The molecule has 0 aliphatic heterocycles. The van der Waals surface area contributed by atoms with Gasteiger partial charge in [0.25, 0.3) is 0 Å². The maximum absolute atomic E-state index is 2.38. The van der Waals surface area contributed by atoms with Crippen molar-refractivity contribution in [2.75, 3.05) is 0 Å². The first-order valence-corrected chi connectivity index (χ1v) is 5.19. The fourth-order valence-corrected chi connectivity index (χ4v) is 2.49.